The molecule has 2 amide bonds. The van der Waals surface area contributed by atoms with Crippen molar-refractivity contribution in [3.63, 3.8) is 0 Å². The number of aliphatic carboxylic acids is 1. The van der Waals surface area contributed by atoms with E-state index in [0.717, 1.165) is 17.4 Å². The van der Waals surface area contributed by atoms with Crippen LogP contribution in [0.3, 0.4) is 0 Å². The Morgan fingerprint density at radius 3 is 2.58 bits per heavy atom. The van der Waals surface area contributed by atoms with Crippen LogP contribution in [0, 0.1) is 5.82 Å². The van der Waals surface area contributed by atoms with E-state index in [9.17, 15) is 28.7 Å². The van der Waals surface area contributed by atoms with Crippen molar-refractivity contribution in [2.75, 3.05) is 18.4 Å². The van der Waals surface area contributed by atoms with Crippen LogP contribution in [0.2, 0.25) is 4.34 Å². The zero-order chi connectivity index (χ0) is 25.1. The van der Waals surface area contributed by atoms with Crippen LogP contribution in [0.5, 0.6) is 0 Å². The van der Waals surface area contributed by atoms with Crippen molar-refractivity contribution in [2.45, 2.75) is 18.5 Å². The van der Waals surface area contributed by atoms with Crippen molar-refractivity contribution >= 4 is 46.4 Å². The molecular weight excluding hydrogens is 506 g/mol. The van der Waals surface area contributed by atoms with Crippen LogP contribution >= 0.6 is 22.9 Å². The van der Waals surface area contributed by atoms with Gasteiger partial charge in [0.1, 0.15) is 5.82 Å². The number of hydrogen-bond acceptors (Lipinski definition) is 7. The van der Waals surface area contributed by atoms with E-state index in [0.29, 0.717) is 9.21 Å². The summed E-state index contributed by atoms with van der Waals surface area (Å²) in [6.07, 6.45) is 1.60. The second-order valence-electron chi connectivity index (χ2n) is 7.89. The molecule has 0 bridgehead atoms. The number of anilines is 1. The summed E-state index contributed by atoms with van der Waals surface area (Å²) in [5.74, 6) is -3.18. The zero-order valence-corrected chi connectivity index (χ0v) is 20.6. The Labute approximate surface area is 226 Å². The first-order valence-corrected chi connectivity index (χ1v) is 11.7. The number of amides is 2. The summed E-state index contributed by atoms with van der Waals surface area (Å²) in [6, 6.07) is 10.1. The molecule has 1 unspecified atom stereocenters. The summed E-state index contributed by atoms with van der Waals surface area (Å²) in [5, 5.41) is 16.5. The minimum absolute atomic E-state index is 0. The largest absolute Gasteiger partial charge is 1.00 e. The van der Waals surface area contributed by atoms with Gasteiger partial charge in [0.2, 0.25) is 5.91 Å². The summed E-state index contributed by atoms with van der Waals surface area (Å²) < 4.78 is 16.4. The van der Waals surface area contributed by atoms with Gasteiger partial charge in [-0.3, -0.25) is 23.9 Å². The average Bonchev–Trinajstić information content (AvgIpc) is 3.41. The summed E-state index contributed by atoms with van der Waals surface area (Å²) in [5.41, 5.74) is -0.190. The quantitative estimate of drug-likeness (QED) is 0.354. The van der Waals surface area contributed by atoms with Crippen LogP contribution in [0.15, 0.2) is 59.5 Å². The van der Waals surface area contributed by atoms with Gasteiger partial charge >= 0.3 is 18.9 Å². The number of carbonyl (C=O) groups excluding carboxylic acids is 3. The molecule has 0 saturated carbocycles. The van der Waals surface area contributed by atoms with E-state index in [1.54, 1.807) is 24.3 Å². The normalized spacial score (nSPS) is 17.3. The maximum Gasteiger partial charge on any atom is 1.00 e. The van der Waals surface area contributed by atoms with Crippen LogP contribution in [-0.2, 0) is 9.59 Å². The predicted molar refractivity (Wildman–Crippen MR) is 126 cm³/mol. The Bertz CT molecular complexity index is 1350. The van der Waals surface area contributed by atoms with E-state index in [2.05, 4.69) is 10.6 Å². The number of hydrogen-bond donors (Lipinski definition) is 2. The van der Waals surface area contributed by atoms with Gasteiger partial charge in [-0.15, -0.1) is 11.3 Å². The van der Waals surface area contributed by atoms with Crippen LogP contribution in [0.1, 0.15) is 16.1 Å². The van der Waals surface area contributed by atoms with Gasteiger partial charge in [-0.2, -0.15) is 0 Å². The molecule has 2 N–H and O–H groups in total. The van der Waals surface area contributed by atoms with Crippen molar-refractivity contribution in [1.29, 1.82) is 0 Å². The van der Waals surface area contributed by atoms with Crippen molar-refractivity contribution in [1.82, 2.24) is 14.8 Å². The van der Waals surface area contributed by atoms with E-state index in [-0.39, 0.29) is 54.7 Å². The number of nitrogens with one attached hydrogen (secondary N) is 2. The third-order valence-electron chi connectivity index (χ3n) is 5.48. The Hall–Kier alpha value is -2.94. The molecule has 13 heteroatoms. The van der Waals surface area contributed by atoms with Gasteiger partial charge < -0.3 is 20.5 Å². The number of carboxylic acids is 1. The second kappa shape index (κ2) is 11.9. The molecule has 1 fully saturated rings. The molecule has 2 atom stereocenters. The minimum atomic E-state index is -1.39. The number of pyridine rings is 1. The molecule has 2 aromatic heterocycles. The molecular formula is C23H19ClFLiN4O5S. The molecule has 1 saturated heterocycles. The van der Waals surface area contributed by atoms with Crippen LogP contribution in [0.4, 0.5) is 10.1 Å². The van der Waals surface area contributed by atoms with Crippen molar-refractivity contribution in [3.8, 4) is 5.69 Å². The second-order valence-corrected chi connectivity index (χ2v) is 9.60. The van der Waals surface area contributed by atoms with E-state index in [1.807, 2.05) is 0 Å². The van der Waals surface area contributed by atoms with E-state index < -0.39 is 36.3 Å². The number of likely N-dealkylation sites (tertiary alicyclic amines) is 1. The number of benzene rings is 1. The minimum Gasteiger partial charge on any atom is -0.549 e. The summed E-state index contributed by atoms with van der Waals surface area (Å²) in [7, 11) is 0. The molecule has 0 spiro atoms. The first-order valence-electron chi connectivity index (χ1n) is 10.5. The molecule has 1 aliphatic heterocycles. The first-order chi connectivity index (χ1) is 16.7. The SMILES string of the molecule is O=C([O-])CN1C[C@@H](NC(=O)c2ccc(Cl)s2)CC1C(=O)Nc1ccc(-n2ccccc2=O)cc1F.[Li+]. The standard InChI is InChI=1S/C23H20ClFN4O5S.Li/c24-19-7-6-18(35-19)23(34)26-13-9-17(28(11-13)12-21(31)32)22(33)27-16-5-4-14(10-15(16)25)29-8-2-1-3-20(29)30;/h1-8,10,13,17H,9,11-12H2,(H,26,34)(H,27,33)(H,31,32);/q;+1/p-1/t13-,17?;/m0./s1. The Kier molecular flexibility index (Phi) is 9.11. The molecule has 0 aliphatic carbocycles. The summed E-state index contributed by atoms with van der Waals surface area (Å²) in [6.45, 7) is -0.442. The fourth-order valence-corrected chi connectivity index (χ4v) is 4.87. The number of halogens is 2. The van der Waals surface area contributed by atoms with Gasteiger partial charge in [0.15, 0.2) is 0 Å². The molecule has 3 heterocycles. The van der Waals surface area contributed by atoms with Gasteiger partial charge in [-0.25, -0.2) is 4.39 Å². The van der Waals surface area contributed by atoms with Crippen LogP contribution in [-0.4, -0.2) is 52.4 Å². The molecule has 0 radical (unpaired) electrons. The molecule has 182 valence electrons. The monoisotopic (exact) mass is 524 g/mol. The van der Waals surface area contributed by atoms with Gasteiger partial charge in [-0.05, 0) is 36.8 Å². The third kappa shape index (κ3) is 6.43. The van der Waals surface area contributed by atoms with E-state index in [4.69, 9.17) is 11.6 Å². The van der Waals surface area contributed by atoms with Gasteiger partial charge in [0.05, 0.1) is 32.6 Å². The number of aromatic nitrogens is 1. The smallest absolute Gasteiger partial charge is 0.549 e. The van der Waals surface area contributed by atoms with Crippen molar-refractivity contribution in [3.05, 3.63) is 80.1 Å². The molecule has 1 aliphatic rings. The van der Waals surface area contributed by atoms with E-state index >= 15 is 0 Å². The number of nitrogens with zero attached hydrogens (tertiary/aromatic N) is 2. The van der Waals surface area contributed by atoms with Crippen LogP contribution < -0.4 is 40.2 Å². The van der Waals surface area contributed by atoms with Crippen molar-refractivity contribution < 1.29 is 42.7 Å². The zero-order valence-electron chi connectivity index (χ0n) is 19.1. The van der Waals surface area contributed by atoms with Gasteiger partial charge in [-0.1, -0.05) is 17.7 Å². The van der Waals surface area contributed by atoms with Gasteiger partial charge in [0.25, 0.3) is 11.5 Å². The maximum atomic E-state index is 14.7. The Balaban J connectivity index is 0.00000361. The Morgan fingerprint density at radius 2 is 1.94 bits per heavy atom. The average molecular weight is 525 g/mol. The molecule has 1 aromatic carbocycles. The Morgan fingerprint density at radius 1 is 1.17 bits per heavy atom. The first kappa shape index (κ1) is 27.6. The molecule has 4 rings (SSSR count). The third-order valence-corrected chi connectivity index (χ3v) is 6.71. The molecule has 3 aromatic rings. The van der Waals surface area contributed by atoms with Crippen LogP contribution in [0.25, 0.3) is 5.69 Å². The topological polar surface area (TPSA) is 124 Å². The molecule has 9 nitrogen and oxygen atoms in total. The van der Waals surface area contributed by atoms with Gasteiger partial charge in [0, 0.05) is 37.5 Å². The number of carboxylic acid groups (broad SMARTS) is 1. The van der Waals surface area contributed by atoms with Crippen molar-refractivity contribution in [2.24, 2.45) is 0 Å². The summed E-state index contributed by atoms with van der Waals surface area (Å²) >= 11 is 6.96. The maximum absolute atomic E-state index is 14.7. The number of rotatable bonds is 7. The molecule has 36 heavy (non-hydrogen) atoms. The number of thiophene rings is 1. The van der Waals surface area contributed by atoms with E-state index in [1.165, 1.54) is 33.9 Å². The predicted octanol–water partition coefficient (Wildman–Crippen LogP) is -1.74. The number of carbonyl (C=O) groups is 3. The fourth-order valence-electron chi connectivity index (χ4n) is 3.93. The summed E-state index contributed by atoms with van der Waals surface area (Å²) in [4.78, 5) is 50.3. The fraction of sp³-hybridized carbons (Fsp3) is 0.217.